The van der Waals surface area contributed by atoms with Crippen LogP contribution in [0.2, 0.25) is 0 Å². The maximum absolute atomic E-state index is 14.1. The Bertz CT molecular complexity index is 890. The summed E-state index contributed by atoms with van der Waals surface area (Å²) in [4.78, 5) is 13.0. The first-order chi connectivity index (χ1) is 13.2. The Labute approximate surface area is 161 Å². The molecule has 0 saturated heterocycles. The Hall–Kier alpha value is -2.78. The molecule has 0 saturated carbocycles. The van der Waals surface area contributed by atoms with Crippen LogP contribution in [0.15, 0.2) is 42.5 Å². The molecule has 2 rings (SSSR count). The van der Waals surface area contributed by atoms with E-state index in [4.69, 9.17) is 4.74 Å². The number of carbonyl (C=O) groups excluding carboxylic acids is 1. The van der Waals surface area contributed by atoms with Crippen molar-refractivity contribution >= 4 is 5.91 Å². The van der Waals surface area contributed by atoms with E-state index in [0.717, 1.165) is 24.3 Å². The van der Waals surface area contributed by atoms with Crippen LogP contribution in [0.1, 0.15) is 22.8 Å². The third-order valence-corrected chi connectivity index (χ3v) is 3.98. The van der Waals surface area contributed by atoms with E-state index in [9.17, 15) is 35.5 Å². The maximum Gasteiger partial charge on any atom is 0.375 e. The molecule has 3 nitrogen and oxygen atoms in total. The van der Waals surface area contributed by atoms with Crippen LogP contribution < -0.4 is 4.74 Å². The number of ether oxygens (including phenoxy) is 1. The van der Waals surface area contributed by atoms with Gasteiger partial charge in [-0.25, -0.2) is 4.39 Å². The van der Waals surface area contributed by atoms with Gasteiger partial charge >= 0.3 is 17.8 Å². The van der Waals surface area contributed by atoms with Gasteiger partial charge in [0.05, 0.1) is 0 Å². The zero-order valence-electron chi connectivity index (χ0n) is 15.5. The van der Waals surface area contributed by atoms with Crippen molar-refractivity contribution in [3.63, 3.8) is 0 Å². The van der Waals surface area contributed by atoms with Crippen LogP contribution in [0.4, 0.5) is 30.7 Å². The molecule has 0 aliphatic heterocycles. The van der Waals surface area contributed by atoms with Gasteiger partial charge < -0.3 is 9.64 Å². The van der Waals surface area contributed by atoms with E-state index in [0.29, 0.717) is 12.1 Å². The number of hydrogen-bond acceptors (Lipinski definition) is 2. The summed E-state index contributed by atoms with van der Waals surface area (Å²) in [5.74, 6) is -17.7. The highest BCUT2D eigenvalue weighted by Crippen LogP contribution is 2.51. The lowest BCUT2D eigenvalue weighted by atomic mass is 9.98. The predicted octanol–water partition coefficient (Wildman–Crippen LogP) is 5.70. The van der Waals surface area contributed by atoms with Gasteiger partial charge in [0, 0.05) is 32.1 Å². The fourth-order valence-corrected chi connectivity index (χ4v) is 2.29. The van der Waals surface area contributed by atoms with E-state index in [1.165, 1.54) is 25.1 Å². The molecule has 2 aromatic carbocycles. The van der Waals surface area contributed by atoms with Gasteiger partial charge in [-0.15, -0.1) is 0 Å². The molecular weight excluding hydrogens is 407 g/mol. The lowest BCUT2D eigenvalue weighted by Gasteiger charge is -2.31. The van der Waals surface area contributed by atoms with Crippen LogP contribution in [0.5, 0.6) is 11.5 Å². The van der Waals surface area contributed by atoms with Crippen molar-refractivity contribution in [2.45, 2.75) is 24.7 Å². The van der Waals surface area contributed by atoms with E-state index in [-0.39, 0.29) is 24.0 Å². The number of rotatable bonds is 6. The minimum Gasteiger partial charge on any atom is -0.454 e. The SMILES string of the molecule is CN(C)C(=O)c1ccc(Oc2ccc(C(F)(F)C(F)(F)C(C)(F)F)cc2)c(F)c1. The second-order valence-corrected chi connectivity index (χ2v) is 6.51. The molecule has 0 aromatic heterocycles. The molecule has 0 aliphatic carbocycles. The smallest absolute Gasteiger partial charge is 0.375 e. The van der Waals surface area contributed by atoms with Gasteiger partial charge in [-0.2, -0.15) is 26.3 Å². The standard InChI is InChI=1S/C19H16F7NO2/c1-17(21,22)19(25,26)18(23,24)12-5-7-13(8-6-12)29-15-9-4-11(10-14(15)20)16(28)27(2)3/h4-10H,1-3H3. The second kappa shape index (κ2) is 7.57. The number of nitrogens with zero attached hydrogens (tertiary/aromatic N) is 1. The summed E-state index contributed by atoms with van der Waals surface area (Å²) in [6.45, 7) is -0.300. The Morgan fingerprint density at radius 2 is 1.48 bits per heavy atom. The lowest BCUT2D eigenvalue weighted by Crippen LogP contribution is -2.50. The Balaban J connectivity index is 2.25. The number of hydrogen-bond donors (Lipinski definition) is 0. The average Bonchev–Trinajstić information content (AvgIpc) is 2.62. The molecule has 0 heterocycles. The van der Waals surface area contributed by atoms with Crippen molar-refractivity contribution in [1.29, 1.82) is 0 Å². The molecule has 0 spiro atoms. The third kappa shape index (κ3) is 4.30. The van der Waals surface area contributed by atoms with Gasteiger partial charge in [-0.1, -0.05) is 0 Å². The molecule has 29 heavy (non-hydrogen) atoms. The fraction of sp³-hybridized carbons (Fsp3) is 0.316. The van der Waals surface area contributed by atoms with Gasteiger partial charge in [0.15, 0.2) is 11.6 Å². The molecule has 0 aliphatic rings. The van der Waals surface area contributed by atoms with Gasteiger partial charge in [0.1, 0.15) is 5.75 Å². The Morgan fingerprint density at radius 1 is 0.931 bits per heavy atom. The monoisotopic (exact) mass is 423 g/mol. The minimum atomic E-state index is -5.62. The van der Waals surface area contributed by atoms with Crippen molar-refractivity contribution < 1.29 is 40.3 Å². The van der Waals surface area contributed by atoms with Gasteiger partial charge in [0.2, 0.25) is 0 Å². The van der Waals surface area contributed by atoms with Crippen LogP contribution >= 0.6 is 0 Å². The highest BCUT2D eigenvalue weighted by atomic mass is 19.3. The summed E-state index contributed by atoms with van der Waals surface area (Å²) in [6, 6.07) is 5.89. The molecule has 0 bridgehead atoms. The van der Waals surface area contributed by atoms with Gasteiger partial charge in [0.25, 0.3) is 5.91 Å². The number of benzene rings is 2. The van der Waals surface area contributed by atoms with E-state index in [1.807, 2.05) is 0 Å². The van der Waals surface area contributed by atoms with Crippen LogP contribution in [-0.4, -0.2) is 36.7 Å². The molecule has 2 aromatic rings. The van der Waals surface area contributed by atoms with Crippen molar-refractivity contribution in [1.82, 2.24) is 4.90 Å². The molecule has 0 atom stereocenters. The average molecular weight is 423 g/mol. The zero-order chi connectivity index (χ0) is 22.2. The normalized spacial score (nSPS) is 12.6. The molecule has 158 valence electrons. The summed E-state index contributed by atoms with van der Waals surface area (Å²) in [6.07, 6.45) is 0. The summed E-state index contributed by atoms with van der Waals surface area (Å²) in [5, 5.41) is 0. The van der Waals surface area contributed by atoms with E-state index >= 15 is 0 Å². The fourth-order valence-electron chi connectivity index (χ4n) is 2.29. The Kier molecular flexibility index (Phi) is 5.87. The maximum atomic E-state index is 14.1. The summed E-state index contributed by atoms with van der Waals surface area (Å²) in [7, 11) is 2.94. The van der Waals surface area contributed by atoms with E-state index in [1.54, 1.807) is 0 Å². The lowest BCUT2D eigenvalue weighted by molar-refractivity contribution is -0.308. The number of carbonyl (C=O) groups is 1. The largest absolute Gasteiger partial charge is 0.454 e. The molecular formula is C19H16F7NO2. The first-order valence-electron chi connectivity index (χ1n) is 8.11. The van der Waals surface area contributed by atoms with Crippen molar-refractivity contribution in [3.05, 3.63) is 59.4 Å². The first kappa shape index (κ1) is 22.5. The van der Waals surface area contributed by atoms with Crippen LogP contribution in [0, 0.1) is 5.82 Å². The number of amides is 1. The van der Waals surface area contributed by atoms with Crippen LogP contribution in [0.3, 0.4) is 0 Å². The zero-order valence-corrected chi connectivity index (χ0v) is 15.5. The predicted molar refractivity (Wildman–Crippen MR) is 90.4 cm³/mol. The minimum absolute atomic E-state index is 0.0394. The van der Waals surface area contributed by atoms with Gasteiger partial charge in [-0.05, 0) is 42.5 Å². The van der Waals surface area contributed by atoms with Crippen LogP contribution in [0.25, 0.3) is 0 Å². The summed E-state index contributed by atoms with van der Waals surface area (Å²) in [5.41, 5.74) is -1.32. The Morgan fingerprint density at radius 3 is 1.93 bits per heavy atom. The van der Waals surface area contributed by atoms with Crippen molar-refractivity contribution in [2.24, 2.45) is 0 Å². The highest BCUT2D eigenvalue weighted by molar-refractivity contribution is 5.94. The second-order valence-electron chi connectivity index (χ2n) is 6.51. The van der Waals surface area contributed by atoms with Gasteiger partial charge in [-0.3, -0.25) is 4.79 Å². The molecule has 0 fully saturated rings. The molecule has 0 unspecified atom stereocenters. The molecule has 10 heteroatoms. The quantitative estimate of drug-likeness (QED) is 0.558. The van der Waals surface area contributed by atoms with Crippen molar-refractivity contribution in [2.75, 3.05) is 14.1 Å². The summed E-state index contributed by atoms with van der Waals surface area (Å²) < 4.78 is 99.7. The third-order valence-electron chi connectivity index (χ3n) is 3.98. The topological polar surface area (TPSA) is 29.5 Å². The molecule has 0 radical (unpaired) electrons. The first-order valence-corrected chi connectivity index (χ1v) is 8.11. The number of alkyl halides is 6. The highest BCUT2D eigenvalue weighted by Gasteiger charge is 2.69. The molecule has 0 N–H and O–H groups in total. The van der Waals surface area contributed by atoms with E-state index < -0.39 is 35.1 Å². The molecule has 1 amide bonds. The summed E-state index contributed by atoms with van der Waals surface area (Å²) >= 11 is 0. The van der Waals surface area contributed by atoms with Crippen LogP contribution in [-0.2, 0) is 5.92 Å². The van der Waals surface area contributed by atoms with E-state index in [2.05, 4.69) is 0 Å². The number of halogens is 7. The van der Waals surface area contributed by atoms with Crippen molar-refractivity contribution in [3.8, 4) is 11.5 Å².